The Morgan fingerprint density at radius 1 is 1.04 bits per heavy atom. The van der Waals surface area contributed by atoms with Crippen LogP contribution in [0.3, 0.4) is 0 Å². The van der Waals surface area contributed by atoms with Crippen molar-refractivity contribution in [3.05, 3.63) is 57.1 Å². The molecule has 0 amide bonds. The van der Waals surface area contributed by atoms with Crippen LogP contribution in [0.5, 0.6) is 5.75 Å². The average molecular weight is 429 g/mol. The number of halogens is 2. The highest BCUT2D eigenvalue weighted by Gasteiger charge is 2.30. The Kier molecular flexibility index (Phi) is 6.03. The Balaban J connectivity index is 1.70. The van der Waals surface area contributed by atoms with Crippen LogP contribution in [0.4, 0.5) is 0 Å². The summed E-state index contributed by atoms with van der Waals surface area (Å²) >= 11 is 12.1. The third kappa shape index (κ3) is 4.25. The zero-order valence-corrected chi connectivity index (χ0v) is 17.6. The first-order valence-electron chi connectivity index (χ1n) is 8.66. The standard InChI is InChI=1S/C19H22Cl2N2O3S/c1-13-10-15(17(24)11-14(13)2)12-22-6-8-23(9-7-22)27(25,26)18-5-3-4-16(20)19(18)21/h3-5,10-11,24H,6-9,12H2,1-2H3. The van der Waals surface area contributed by atoms with Gasteiger partial charge < -0.3 is 5.11 Å². The fraction of sp³-hybridized carbons (Fsp3) is 0.368. The Hall–Kier alpha value is -1.31. The lowest BCUT2D eigenvalue weighted by atomic mass is 10.0. The van der Waals surface area contributed by atoms with Crippen molar-refractivity contribution in [1.82, 2.24) is 9.21 Å². The van der Waals surface area contributed by atoms with E-state index in [0.29, 0.717) is 32.7 Å². The number of aryl methyl sites for hydroxylation is 2. The van der Waals surface area contributed by atoms with E-state index in [1.54, 1.807) is 18.2 Å². The molecule has 0 atom stereocenters. The molecule has 2 aromatic carbocycles. The maximum Gasteiger partial charge on any atom is 0.244 e. The van der Waals surface area contributed by atoms with Crippen molar-refractivity contribution in [2.45, 2.75) is 25.3 Å². The van der Waals surface area contributed by atoms with Crippen LogP contribution < -0.4 is 0 Å². The first-order valence-corrected chi connectivity index (χ1v) is 10.9. The van der Waals surface area contributed by atoms with Gasteiger partial charge in [-0.05, 0) is 43.2 Å². The van der Waals surface area contributed by atoms with Crippen LogP contribution in [0.1, 0.15) is 16.7 Å². The lowest BCUT2D eigenvalue weighted by Gasteiger charge is -2.34. The second-order valence-corrected chi connectivity index (χ2v) is 9.49. The summed E-state index contributed by atoms with van der Waals surface area (Å²) < 4.78 is 27.2. The third-order valence-corrected chi connectivity index (χ3v) is 7.83. The second kappa shape index (κ2) is 7.97. The van der Waals surface area contributed by atoms with E-state index in [9.17, 15) is 13.5 Å². The Bertz CT molecular complexity index is 956. The molecule has 1 N–H and O–H groups in total. The Morgan fingerprint density at radius 2 is 1.67 bits per heavy atom. The molecule has 1 heterocycles. The summed E-state index contributed by atoms with van der Waals surface area (Å²) in [6.07, 6.45) is 0. The van der Waals surface area contributed by atoms with Crippen molar-refractivity contribution in [2.75, 3.05) is 26.2 Å². The monoisotopic (exact) mass is 428 g/mol. The molecule has 0 spiro atoms. The second-order valence-electron chi connectivity index (χ2n) is 6.80. The molecule has 0 saturated carbocycles. The molecule has 8 heteroatoms. The largest absolute Gasteiger partial charge is 0.508 e. The SMILES string of the molecule is Cc1cc(O)c(CN2CCN(S(=O)(=O)c3cccc(Cl)c3Cl)CC2)cc1C. The van der Waals surface area contributed by atoms with Gasteiger partial charge in [0.1, 0.15) is 10.6 Å². The van der Waals surface area contributed by atoms with Crippen molar-refractivity contribution < 1.29 is 13.5 Å². The maximum atomic E-state index is 12.9. The van der Waals surface area contributed by atoms with E-state index < -0.39 is 10.0 Å². The summed E-state index contributed by atoms with van der Waals surface area (Å²) in [5.41, 5.74) is 3.03. The van der Waals surface area contributed by atoms with Gasteiger partial charge in [-0.3, -0.25) is 4.90 Å². The number of phenols is 1. The molecule has 27 heavy (non-hydrogen) atoms. The van der Waals surface area contributed by atoms with E-state index in [2.05, 4.69) is 4.90 Å². The summed E-state index contributed by atoms with van der Waals surface area (Å²) in [4.78, 5) is 2.17. The lowest BCUT2D eigenvalue weighted by molar-refractivity contribution is 0.180. The molecule has 1 aliphatic heterocycles. The summed E-state index contributed by atoms with van der Waals surface area (Å²) in [5.74, 6) is 0.277. The van der Waals surface area contributed by atoms with Gasteiger partial charge in [0.25, 0.3) is 0 Å². The molecule has 0 aromatic heterocycles. The molecule has 146 valence electrons. The molecule has 0 radical (unpaired) electrons. The number of piperazine rings is 1. The van der Waals surface area contributed by atoms with Gasteiger partial charge in [-0.15, -0.1) is 0 Å². The smallest absolute Gasteiger partial charge is 0.244 e. The Labute approximate surface area is 170 Å². The summed E-state index contributed by atoms with van der Waals surface area (Å²) in [6.45, 7) is 6.42. The normalized spacial score (nSPS) is 16.6. The number of rotatable bonds is 4. The van der Waals surface area contributed by atoms with Crippen molar-refractivity contribution in [2.24, 2.45) is 0 Å². The third-order valence-electron chi connectivity index (χ3n) is 4.95. The fourth-order valence-corrected chi connectivity index (χ4v) is 5.34. The minimum absolute atomic E-state index is 0.0388. The van der Waals surface area contributed by atoms with Crippen LogP contribution in [0.2, 0.25) is 10.0 Å². The Morgan fingerprint density at radius 3 is 2.33 bits per heavy atom. The van der Waals surface area contributed by atoms with Crippen LogP contribution in [0.15, 0.2) is 35.2 Å². The molecule has 0 bridgehead atoms. The first kappa shape index (κ1) is 20.4. The summed E-state index contributed by atoms with van der Waals surface area (Å²) in [5, 5.41) is 10.5. The van der Waals surface area contributed by atoms with Crippen LogP contribution >= 0.6 is 23.2 Å². The van der Waals surface area contributed by atoms with E-state index in [-0.39, 0.29) is 20.7 Å². The van der Waals surface area contributed by atoms with E-state index in [1.165, 1.54) is 10.4 Å². The van der Waals surface area contributed by atoms with Crippen LogP contribution in [-0.4, -0.2) is 48.9 Å². The van der Waals surface area contributed by atoms with Crippen molar-refractivity contribution in [3.8, 4) is 5.75 Å². The highest BCUT2D eigenvalue weighted by atomic mass is 35.5. The molecular formula is C19H22Cl2N2O3S. The number of nitrogens with zero attached hydrogens (tertiary/aromatic N) is 2. The molecule has 0 aliphatic carbocycles. The van der Waals surface area contributed by atoms with Gasteiger partial charge in [0.05, 0.1) is 10.0 Å². The van der Waals surface area contributed by atoms with Crippen molar-refractivity contribution >= 4 is 33.2 Å². The van der Waals surface area contributed by atoms with Gasteiger partial charge in [-0.2, -0.15) is 4.31 Å². The van der Waals surface area contributed by atoms with Gasteiger partial charge in [0, 0.05) is 38.3 Å². The van der Waals surface area contributed by atoms with E-state index >= 15 is 0 Å². The quantitative estimate of drug-likeness (QED) is 0.803. The van der Waals surface area contributed by atoms with Crippen LogP contribution in [-0.2, 0) is 16.6 Å². The van der Waals surface area contributed by atoms with Crippen LogP contribution in [0.25, 0.3) is 0 Å². The van der Waals surface area contributed by atoms with Gasteiger partial charge >= 0.3 is 0 Å². The van der Waals surface area contributed by atoms with E-state index in [4.69, 9.17) is 23.2 Å². The van der Waals surface area contributed by atoms with Crippen molar-refractivity contribution in [3.63, 3.8) is 0 Å². The van der Waals surface area contributed by atoms with Gasteiger partial charge in [0.2, 0.25) is 10.0 Å². The number of phenolic OH excluding ortho intramolecular Hbond substituents is 1. The topological polar surface area (TPSA) is 60.9 Å². The minimum atomic E-state index is -3.69. The number of sulfonamides is 1. The highest BCUT2D eigenvalue weighted by Crippen LogP contribution is 2.31. The lowest BCUT2D eigenvalue weighted by Crippen LogP contribution is -2.48. The molecule has 5 nitrogen and oxygen atoms in total. The molecule has 1 fully saturated rings. The van der Waals surface area contributed by atoms with E-state index in [0.717, 1.165) is 16.7 Å². The van der Waals surface area contributed by atoms with Gasteiger partial charge in [0.15, 0.2) is 0 Å². The zero-order chi connectivity index (χ0) is 19.8. The van der Waals surface area contributed by atoms with Crippen LogP contribution in [0, 0.1) is 13.8 Å². The molecular weight excluding hydrogens is 407 g/mol. The number of aromatic hydroxyl groups is 1. The number of hydrogen-bond acceptors (Lipinski definition) is 4. The van der Waals surface area contributed by atoms with Crippen molar-refractivity contribution in [1.29, 1.82) is 0 Å². The predicted molar refractivity (Wildman–Crippen MR) is 108 cm³/mol. The summed E-state index contributed by atoms with van der Waals surface area (Å²) in [6, 6.07) is 8.38. The average Bonchev–Trinajstić information content (AvgIpc) is 2.62. The van der Waals surface area contributed by atoms with E-state index in [1.807, 2.05) is 19.9 Å². The number of benzene rings is 2. The van der Waals surface area contributed by atoms with Gasteiger partial charge in [-0.25, -0.2) is 8.42 Å². The number of hydrogen-bond donors (Lipinski definition) is 1. The first-order chi connectivity index (χ1) is 12.7. The summed E-state index contributed by atoms with van der Waals surface area (Å²) in [7, 11) is -3.69. The van der Waals surface area contributed by atoms with Gasteiger partial charge in [-0.1, -0.05) is 35.3 Å². The molecule has 3 rings (SSSR count). The minimum Gasteiger partial charge on any atom is -0.508 e. The molecule has 2 aromatic rings. The highest BCUT2D eigenvalue weighted by molar-refractivity contribution is 7.89. The maximum absolute atomic E-state index is 12.9. The molecule has 1 saturated heterocycles. The zero-order valence-electron chi connectivity index (χ0n) is 15.2. The molecule has 0 unspecified atom stereocenters. The fourth-order valence-electron chi connectivity index (χ4n) is 3.18. The molecule has 1 aliphatic rings. The predicted octanol–water partition coefficient (Wildman–Crippen LogP) is 3.82.